The number of carbonyl (C=O) groups is 1. The molecule has 1 fully saturated rings. The smallest absolute Gasteiger partial charge is 0.330 e. The van der Waals surface area contributed by atoms with Crippen molar-refractivity contribution in [3.63, 3.8) is 0 Å². The molecular weight excluding hydrogens is 404 g/mol. The highest BCUT2D eigenvalue weighted by molar-refractivity contribution is 5.87. The van der Waals surface area contributed by atoms with Crippen molar-refractivity contribution in [2.45, 2.75) is 37.1 Å². The summed E-state index contributed by atoms with van der Waals surface area (Å²) in [6, 6.07) is 15.8. The number of rotatable bonds is 8. The van der Waals surface area contributed by atoms with Gasteiger partial charge in [-0.2, -0.15) is 0 Å². The molecule has 0 amide bonds. The van der Waals surface area contributed by atoms with Gasteiger partial charge in [0, 0.05) is 6.08 Å². The van der Waals surface area contributed by atoms with Crippen molar-refractivity contribution in [3.05, 3.63) is 71.8 Å². The number of aliphatic hydroxyl groups excluding tert-OH is 3. The molecule has 0 radical (unpaired) electrons. The Kier molecular flexibility index (Phi) is 8.16. The fourth-order valence-corrected chi connectivity index (χ4v) is 3.09. The Balaban J connectivity index is 1.49. The minimum Gasteiger partial charge on any atom is -0.508 e. The molecule has 8 heteroatoms. The molecule has 31 heavy (non-hydrogen) atoms. The molecule has 0 aliphatic carbocycles. The third-order valence-corrected chi connectivity index (χ3v) is 4.88. The van der Waals surface area contributed by atoms with Crippen molar-refractivity contribution in [1.29, 1.82) is 0 Å². The van der Waals surface area contributed by atoms with E-state index in [-0.39, 0.29) is 19.0 Å². The third kappa shape index (κ3) is 6.61. The summed E-state index contributed by atoms with van der Waals surface area (Å²) in [6.45, 7) is -0.150. The highest BCUT2D eigenvalue weighted by atomic mass is 16.7. The molecule has 4 N–H and O–H groups in total. The monoisotopic (exact) mass is 430 g/mol. The number of aromatic hydroxyl groups is 1. The van der Waals surface area contributed by atoms with Crippen molar-refractivity contribution < 1.29 is 39.4 Å². The molecule has 2 aromatic rings. The van der Waals surface area contributed by atoms with Crippen molar-refractivity contribution in [2.75, 3.05) is 13.2 Å². The third-order valence-electron chi connectivity index (χ3n) is 4.88. The molecule has 1 aliphatic rings. The van der Waals surface area contributed by atoms with E-state index < -0.39 is 36.7 Å². The summed E-state index contributed by atoms with van der Waals surface area (Å²) in [7, 11) is 0. The van der Waals surface area contributed by atoms with Crippen molar-refractivity contribution in [3.8, 4) is 5.75 Å². The maximum absolute atomic E-state index is 11.9. The fraction of sp³-hybridized carbons (Fsp3) is 0.348. The highest BCUT2D eigenvalue weighted by Crippen LogP contribution is 2.23. The van der Waals surface area contributed by atoms with E-state index in [1.807, 2.05) is 30.3 Å². The van der Waals surface area contributed by atoms with E-state index in [2.05, 4.69) is 0 Å². The van der Waals surface area contributed by atoms with Gasteiger partial charge in [0.25, 0.3) is 0 Å². The summed E-state index contributed by atoms with van der Waals surface area (Å²) in [5, 5.41) is 39.7. The predicted octanol–water partition coefficient (Wildman–Crippen LogP) is 1.02. The quantitative estimate of drug-likeness (QED) is 0.361. The van der Waals surface area contributed by atoms with Crippen LogP contribution in [-0.2, 0) is 25.4 Å². The molecule has 0 unspecified atom stereocenters. The van der Waals surface area contributed by atoms with Crippen LogP contribution < -0.4 is 0 Å². The highest BCUT2D eigenvalue weighted by Gasteiger charge is 2.44. The summed E-state index contributed by atoms with van der Waals surface area (Å²) >= 11 is 0. The van der Waals surface area contributed by atoms with Crippen molar-refractivity contribution >= 4 is 12.0 Å². The van der Waals surface area contributed by atoms with E-state index in [0.29, 0.717) is 6.42 Å². The van der Waals surface area contributed by atoms with E-state index in [1.165, 1.54) is 6.08 Å². The van der Waals surface area contributed by atoms with Gasteiger partial charge in [-0.1, -0.05) is 42.5 Å². The topological polar surface area (TPSA) is 126 Å². The van der Waals surface area contributed by atoms with Gasteiger partial charge in [0.2, 0.25) is 0 Å². The standard InChI is InChI=1S/C23H26O8/c24-17-9-6-16(7-10-17)12-13-29-23-22(28)21(27)20(26)18(31-23)14-30-19(25)11-8-15-4-2-1-3-5-15/h1-11,18,20-24,26-28H,12-14H2/b11-8+/t18-,20-,21+,22-,23-/m1/s1. The lowest BCUT2D eigenvalue weighted by molar-refractivity contribution is -0.301. The largest absolute Gasteiger partial charge is 0.508 e. The van der Waals surface area contributed by atoms with E-state index >= 15 is 0 Å². The van der Waals surface area contributed by atoms with Gasteiger partial charge >= 0.3 is 5.97 Å². The molecule has 5 atom stereocenters. The van der Waals surface area contributed by atoms with Gasteiger partial charge < -0.3 is 34.6 Å². The van der Waals surface area contributed by atoms with E-state index in [9.17, 15) is 25.2 Å². The Morgan fingerprint density at radius 3 is 2.39 bits per heavy atom. The van der Waals surface area contributed by atoms with Crippen LogP contribution in [0.25, 0.3) is 6.08 Å². The van der Waals surface area contributed by atoms with Crippen LogP contribution in [0.5, 0.6) is 5.75 Å². The van der Waals surface area contributed by atoms with E-state index in [1.54, 1.807) is 30.3 Å². The van der Waals surface area contributed by atoms with Crippen molar-refractivity contribution in [1.82, 2.24) is 0 Å². The molecule has 0 saturated carbocycles. The van der Waals surface area contributed by atoms with Gasteiger partial charge in [-0.05, 0) is 35.8 Å². The first-order chi connectivity index (χ1) is 14.9. The van der Waals surface area contributed by atoms with Gasteiger partial charge in [-0.25, -0.2) is 4.79 Å². The Bertz CT molecular complexity index is 852. The second-order valence-electron chi connectivity index (χ2n) is 7.18. The average molecular weight is 430 g/mol. The van der Waals surface area contributed by atoms with Crippen LogP contribution in [0.15, 0.2) is 60.7 Å². The Labute approximate surface area is 179 Å². The van der Waals surface area contributed by atoms with Crippen LogP contribution >= 0.6 is 0 Å². The molecule has 1 saturated heterocycles. The van der Waals surface area contributed by atoms with Crippen LogP contribution in [0.3, 0.4) is 0 Å². The van der Waals surface area contributed by atoms with Crippen LogP contribution in [0.2, 0.25) is 0 Å². The van der Waals surface area contributed by atoms with Gasteiger partial charge in [-0.15, -0.1) is 0 Å². The number of carbonyl (C=O) groups excluding carboxylic acids is 1. The second-order valence-corrected chi connectivity index (χ2v) is 7.18. The number of aliphatic hydroxyl groups is 3. The summed E-state index contributed by atoms with van der Waals surface area (Å²) in [4.78, 5) is 11.9. The maximum atomic E-state index is 11.9. The first-order valence-electron chi connectivity index (χ1n) is 9.93. The first-order valence-corrected chi connectivity index (χ1v) is 9.93. The molecule has 166 valence electrons. The fourth-order valence-electron chi connectivity index (χ4n) is 3.09. The molecule has 0 bridgehead atoms. The number of phenols is 1. The summed E-state index contributed by atoms with van der Waals surface area (Å²) in [5.74, 6) is -0.478. The molecule has 2 aromatic carbocycles. The maximum Gasteiger partial charge on any atom is 0.330 e. The number of esters is 1. The zero-order valence-corrected chi connectivity index (χ0v) is 16.8. The van der Waals surface area contributed by atoms with E-state index in [0.717, 1.165) is 11.1 Å². The minimum absolute atomic E-state index is 0.156. The number of phenolic OH excluding ortho intramolecular Hbond substituents is 1. The second kappa shape index (κ2) is 11.0. The van der Waals surface area contributed by atoms with Gasteiger partial charge in [-0.3, -0.25) is 0 Å². The van der Waals surface area contributed by atoms with Gasteiger partial charge in [0.05, 0.1) is 6.61 Å². The number of hydrogen-bond acceptors (Lipinski definition) is 8. The lowest BCUT2D eigenvalue weighted by Gasteiger charge is -2.39. The molecule has 8 nitrogen and oxygen atoms in total. The van der Waals surface area contributed by atoms with Crippen LogP contribution in [0.1, 0.15) is 11.1 Å². The molecule has 3 rings (SSSR count). The van der Waals surface area contributed by atoms with E-state index in [4.69, 9.17) is 14.2 Å². The SMILES string of the molecule is O=C(/C=C/c1ccccc1)OC[C@H]1O[C@@H](OCCc2ccc(O)cc2)[C@H](O)[C@@H](O)[C@@H]1O. The zero-order chi connectivity index (χ0) is 22.2. The summed E-state index contributed by atoms with van der Waals surface area (Å²) in [6.07, 6.45) is -3.36. The zero-order valence-electron chi connectivity index (χ0n) is 16.8. The first kappa shape index (κ1) is 22.9. The lowest BCUT2D eigenvalue weighted by Crippen LogP contribution is -2.59. The molecular formula is C23H26O8. The molecule has 1 heterocycles. The average Bonchev–Trinajstić information content (AvgIpc) is 2.79. The summed E-state index contributed by atoms with van der Waals surface area (Å²) < 4.78 is 16.2. The number of hydrogen-bond donors (Lipinski definition) is 4. The normalized spacial score (nSPS) is 26.1. The van der Waals surface area contributed by atoms with Crippen LogP contribution in [0.4, 0.5) is 0 Å². The van der Waals surface area contributed by atoms with Gasteiger partial charge in [0.15, 0.2) is 6.29 Å². The Morgan fingerprint density at radius 2 is 1.68 bits per heavy atom. The van der Waals surface area contributed by atoms with Gasteiger partial charge in [0.1, 0.15) is 36.8 Å². The molecule has 0 spiro atoms. The van der Waals surface area contributed by atoms with Crippen molar-refractivity contribution in [2.24, 2.45) is 0 Å². The number of benzene rings is 2. The Hall–Kier alpha value is -2.75. The summed E-state index contributed by atoms with van der Waals surface area (Å²) in [5.41, 5.74) is 1.73. The lowest BCUT2D eigenvalue weighted by atomic mass is 9.99. The molecule has 0 aromatic heterocycles. The minimum atomic E-state index is -1.52. The van der Waals surface area contributed by atoms with Crippen LogP contribution in [0, 0.1) is 0 Å². The molecule has 1 aliphatic heterocycles. The Morgan fingerprint density at radius 1 is 0.968 bits per heavy atom. The predicted molar refractivity (Wildman–Crippen MR) is 111 cm³/mol. The number of ether oxygens (including phenoxy) is 3. The van der Waals surface area contributed by atoms with Crippen LogP contribution in [-0.4, -0.2) is 70.3 Å².